The number of carbonyl (C=O) groups is 1. The number of aromatic nitrogens is 2. The summed E-state index contributed by atoms with van der Waals surface area (Å²) in [7, 11) is -3.69. The molecule has 0 aliphatic carbocycles. The molecule has 0 radical (unpaired) electrons. The lowest BCUT2D eigenvalue weighted by molar-refractivity contribution is -0.157. The first-order valence-corrected chi connectivity index (χ1v) is 11.6. The van der Waals surface area contributed by atoms with Gasteiger partial charge in [-0.2, -0.15) is 4.31 Å². The monoisotopic (exact) mass is 469 g/mol. The van der Waals surface area contributed by atoms with Gasteiger partial charge in [-0.05, 0) is 5.56 Å². The minimum atomic E-state index is -3.69. The molecule has 1 aromatic heterocycles. The average molecular weight is 470 g/mol. The maximum Gasteiger partial charge on any atom is 0.233 e. The van der Waals surface area contributed by atoms with E-state index >= 15 is 0 Å². The van der Waals surface area contributed by atoms with Gasteiger partial charge in [-0.25, -0.2) is 23.4 Å². The Hall–Kier alpha value is -2.31. The van der Waals surface area contributed by atoms with E-state index in [1.165, 1.54) is 10.6 Å². The van der Waals surface area contributed by atoms with Gasteiger partial charge >= 0.3 is 0 Å². The lowest BCUT2D eigenvalue weighted by atomic mass is 10.2. The molecule has 1 saturated heterocycles. The molecule has 31 heavy (non-hydrogen) atoms. The van der Waals surface area contributed by atoms with Gasteiger partial charge in [0, 0.05) is 32.2 Å². The second-order valence-corrected chi connectivity index (χ2v) is 9.41. The van der Waals surface area contributed by atoms with Crippen molar-refractivity contribution in [3.8, 4) is 0 Å². The van der Waals surface area contributed by atoms with Crippen molar-refractivity contribution in [3.05, 3.63) is 53.4 Å². The Morgan fingerprint density at radius 2 is 1.90 bits per heavy atom. The van der Waals surface area contributed by atoms with E-state index in [1.807, 2.05) is 35.2 Å². The second kappa shape index (κ2) is 10.8. The highest BCUT2D eigenvalue weighted by Crippen LogP contribution is 2.18. The molecule has 168 valence electrons. The molecule has 1 aliphatic heterocycles. The molecule has 2 aromatic rings. The van der Waals surface area contributed by atoms with Gasteiger partial charge in [-0.3, -0.25) is 10.0 Å². The highest BCUT2D eigenvalue weighted by atomic mass is 35.5. The molecule has 1 atom stereocenters. The zero-order valence-electron chi connectivity index (χ0n) is 16.7. The maximum absolute atomic E-state index is 13.0. The van der Waals surface area contributed by atoms with Crippen molar-refractivity contribution in [3.63, 3.8) is 0 Å². The normalized spacial score (nSPS) is 16.1. The molecule has 1 N–H and O–H groups in total. The number of hydroxylamine groups is 2. The number of benzene rings is 1. The van der Waals surface area contributed by atoms with E-state index in [0.29, 0.717) is 29.1 Å². The van der Waals surface area contributed by atoms with Crippen LogP contribution >= 0.6 is 11.6 Å². The summed E-state index contributed by atoms with van der Waals surface area (Å²) >= 11 is 5.90. The molecule has 12 heteroatoms. The number of nitrogens with zero attached hydrogens (tertiary/aromatic N) is 5. The van der Waals surface area contributed by atoms with Gasteiger partial charge in [0.15, 0.2) is 0 Å². The van der Waals surface area contributed by atoms with E-state index < -0.39 is 16.1 Å². The van der Waals surface area contributed by atoms with Gasteiger partial charge in [0.1, 0.15) is 17.3 Å². The summed E-state index contributed by atoms with van der Waals surface area (Å²) in [6, 6.07) is 10.9. The number of piperazine rings is 1. The number of hydrogen-bond donors (Lipinski definition) is 1. The molecular weight excluding hydrogens is 446 g/mol. The van der Waals surface area contributed by atoms with E-state index in [-0.39, 0.29) is 38.4 Å². The van der Waals surface area contributed by atoms with E-state index in [1.54, 1.807) is 6.07 Å². The molecule has 1 amide bonds. The van der Waals surface area contributed by atoms with E-state index in [2.05, 4.69) is 9.97 Å². The number of anilines is 1. The summed E-state index contributed by atoms with van der Waals surface area (Å²) in [5.41, 5.74) is 0.859. The van der Waals surface area contributed by atoms with Crippen LogP contribution < -0.4 is 4.90 Å². The minimum absolute atomic E-state index is 0.163. The number of carbonyl (C=O) groups excluding carboxylic acids is 1. The summed E-state index contributed by atoms with van der Waals surface area (Å²) < 4.78 is 33.0. The van der Waals surface area contributed by atoms with Crippen molar-refractivity contribution in [2.24, 2.45) is 0 Å². The Kier molecular flexibility index (Phi) is 8.15. The summed E-state index contributed by atoms with van der Waals surface area (Å²) in [6.45, 7) is 1.34. The molecule has 0 saturated carbocycles. The molecule has 10 nitrogen and oxygen atoms in total. The second-order valence-electron chi connectivity index (χ2n) is 7.01. The third-order valence-corrected chi connectivity index (χ3v) is 6.96. The Morgan fingerprint density at radius 1 is 1.19 bits per heavy atom. The largest absolute Gasteiger partial charge is 0.370 e. The van der Waals surface area contributed by atoms with Crippen LogP contribution in [0.1, 0.15) is 5.56 Å². The van der Waals surface area contributed by atoms with Crippen LogP contribution in [0.3, 0.4) is 0 Å². The maximum atomic E-state index is 13.0. The van der Waals surface area contributed by atoms with Crippen LogP contribution in [0.2, 0.25) is 5.15 Å². The summed E-state index contributed by atoms with van der Waals surface area (Å²) in [6.07, 6.45) is 0.694. The first-order chi connectivity index (χ1) is 14.9. The van der Waals surface area contributed by atoms with Gasteiger partial charge < -0.3 is 9.64 Å². The highest BCUT2D eigenvalue weighted by Gasteiger charge is 2.31. The number of sulfonamides is 1. The van der Waals surface area contributed by atoms with Crippen molar-refractivity contribution < 1.29 is 23.2 Å². The molecule has 1 unspecified atom stereocenters. The third kappa shape index (κ3) is 6.84. The standard InChI is InChI=1S/C19H24ClN5O5S/c20-18-10-19(22-14-21-18)23-6-8-25(9-7-23)31(28,29)13-17(11-24(27)15-26)30-12-16-4-2-1-3-5-16/h1-5,10,14-15,17,27H,6-9,11-13H2. The predicted octanol–water partition coefficient (Wildman–Crippen LogP) is 1.01. The first-order valence-electron chi connectivity index (χ1n) is 9.64. The van der Waals surface area contributed by atoms with Crippen LogP contribution in [0, 0.1) is 0 Å². The van der Waals surface area contributed by atoms with Crippen molar-refractivity contribution in [1.29, 1.82) is 0 Å². The average Bonchev–Trinajstić information content (AvgIpc) is 2.78. The molecule has 0 spiro atoms. The van der Waals surface area contributed by atoms with Gasteiger partial charge in [0.05, 0.1) is 25.0 Å². The first kappa shape index (κ1) is 23.4. The fourth-order valence-electron chi connectivity index (χ4n) is 3.23. The van der Waals surface area contributed by atoms with Crippen molar-refractivity contribution >= 4 is 33.9 Å². The fraction of sp³-hybridized carbons (Fsp3) is 0.421. The summed E-state index contributed by atoms with van der Waals surface area (Å²) in [5.74, 6) is 0.285. The number of hydrogen-bond acceptors (Lipinski definition) is 8. The molecule has 1 aromatic carbocycles. The van der Waals surface area contributed by atoms with Gasteiger partial charge in [-0.1, -0.05) is 41.9 Å². The van der Waals surface area contributed by atoms with Crippen LogP contribution in [0.5, 0.6) is 0 Å². The van der Waals surface area contributed by atoms with Crippen molar-refractivity contribution in [2.45, 2.75) is 12.7 Å². The van der Waals surface area contributed by atoms with E-state index in [4.69, 9.17) is 16.3 Å². The molecule has 0 bridgehead atoms. The fourth-order valence-corrected chi connectivity index (χ4v) is 4.97. The lowest BCUT2D eigenvalue weighted by Gasteiger charge is -2.35. The van der Waals surface area contributed by atoms with Crippen molar-refractivity contribution in [2.75, 3.05) is 43.4 Å². The van der Waals surface area contributed by atoms with Crippen LogP contribution in [-0.4, -0.2) is 84.0 Å². The van der Waals surface area contributed by atoms with E-state index in [0.717, 1.165) is 5.56 Å². The third-order valence-electron chi connectivity index (χ3n) is 4.81. The van der Waals surface area contributed by atoms with Crippen LogP contribution in [0.15, 0.2) is 42.7 Å². The molecule has 3 rings (SSSR count). The number of halogens is 1. The smallest absolute Gasteiger partial charge is 0.233 e. The summed E-state index contributed by atoms with van der Waals surface area (Å²) in [5, 5.41) is 10.3. The van der Waals surface area contributed by atoms with Crippen LogP contribution in [0.25, 0.3) is 0 Å². The SMILES string of the molecule is O=CN(O)CC(CS(=O)(=O)N1CCN(c2cc(Cl)ncn2)CC1)OCc1ccccc1. The molecular formula is C19H24ClN5O5S. The van der Waals surface area contributed by atoms with Crippen LogP contribution in [-0.2, 0) is 26.2 Å². The Morgan fingerprint density at radius 3 is 2.55 bits per heavy atom. The predicted molar refractivity (Wildman–Crippen MR) is 114 cm³/mol. The zero-order valence-corrected chi connectivity index (χ0v) is 18.3. The summed E-state index contributed by atoms with van der Waals surface area (Å²) in [4.78, 5) is 20.8. The number of amides is 1. The van der Waals surface area contributed by atoms with Crippen molar-refractivity contribution in [1.82, 2.24) is 19.3 Å². The van der Waals surface area contributed by atoms with E-state index in [9.17, 15) is 18.4 Å². The van der Waals surface area contributed by atoms with Gasteiger partial charge in [0.2, 0.25) is 16.4 Å². The van der Waals surface area contributed by atoms with Gasteiger partial charge in [-0.15, -0.1) is 0 Å². The highest BCUT2D eigenvalue weighted by molar-refractivity contribution is 7.89. The Labute approximate surface area is 186 Å². The lowest BCUT2D eigenvalue weighted by Crippen LogP contribution is -2.51. The molecule has 2 heterocycles. The topological polar surface area (TPSA) is 116 Å². The molecule has 1 fully saturated rings. The Bertz CT molecular complexity index is 957. The molecule has 1 aliphatic rings. The van der Waals surface area contributed by atoms with Crippen LogP contribution in [0.4, 0.5) is 5.82 Å². The zero-order chi connectivity index (χ0) is 22.3. The quantitative estimate of drug-likeness (QED) is 0.237. The number of rotatable bonds is 10. The number of ether oxygens (including phenoxy) is 1. The Balaban J connectivity index is 1.61. The minimum Gasteiger partial charge on any atom is -0.370 e. The van der Waals surface area contributed by atoms with Gasteiger partial charge in [0.25, 0.3) is 0 Å².